The van der Waals surface area contributed by atoms with Gasteiger partial charge in [0.05, 0.1) is 12.0 Å². The van der Waals surface area contributed by atoms with Crippen LogP contribution in [0.25, 0.3) is 0 Å². The van der Waals surface area contributed by atoms with E-state index in [1.807, 2.05) is 0 Å². The minimum absolute atomic E-state index is 0.141. The topological polar surface area (TPSA) is 93.1 Å². The number of carbonyl (C=O) groups is 2. The third kappa shape index (κ3) is 2.24. The van der Waals surface area contributed by atoms with Crippen molar-refractivity contribution in [2.24, 2.45) is 17.8 Å². The summed E-state index contributed by atoms with van der Waals surface area (Å²) in [4.78, 5) is 23.3. The van der Waals surface area contributed by atoms with Gasteiger partial charge in [0.1, 0.15) is 18.3 Å². The fourth-order valence-corrected chi connectivity index (χ4v) is 4.09. The van der Waals surface area contributed by atoms with Gasteiger partial charge in [-0.15, -0.1) is 0 Å². The highest BCUT2D eigenvalue weighted by Crippen LogP contribution is 2.52. The Labute approximate surface area is 134 Å². The molecule has 3 rings (SSSR count). The monoisotopic (exact) mass is 320 g/mol. The number of hydrogen-bond donors (Lipinski definition) is 2. The first kappa shape index (κ1) is 16.0. The van der Waals surface area contributed by atoms with Gasteiger partial charge in [-0.25, -0.2) is 4.79 Å². The van der Waals surface area contributed by atoms with E-state index in [9.17, 15) is 19.8 Å². The predicted molar refractivity (Wildman–Crippen MR) is 80.0 cm³/mol. The van der Waals surface area contributed by atoms with E-state index in [1.165, 1.54) is 6.92 Å². The molecule has 2 N–H and O–H groups in total. The van der Waals surface area contributed by atoms with Gasteiger partial charge in [0.25, 0.3) is 0 Å². The summed E-state index contributed by atoms with van der Waals surface area (Å²) in [6.45, 7) is 12.9. The number of ether oxygens (including phenoxy) is 2. The second-order valence-corrected chi connectivity index (χ2v) is 6.48. The van der Waals surface area contributed by atoms with Crippen molar-refractivity contribution in [3.05, 3.63) is 36.5 Å². The van der Waals surface area contributed by atoms with Gasteiger partial charge in [-0.05, 0) is 23.5 Å². The maximum Gasteiger partial charge on any atom is 0.334 e. The number of fused-ring (bicyclic) bond motifs is 3. The molecule has 3 aliphatic rings. The Morgan fingerprint density at radius 3 is 2.48 bits per heavy atom. The lowest BCUT2D eigenvalue weighted by Gasteiger charge is -2.28. The zero-order valence-electron chi connectivity index (χ0n) is 12.9. The SMILES string of the molecule is C=C1C2CC(O)C(=C)C2C2OC(=O)C(=C)C2C(O)C1OC(C)=O. The van der Waals surface area contributed by atoms with E-state index in [4.69, 9.17) is 9.47 Å². The molecule has 0 spiro atoms. The van der Waals surface area contributed by atoms with Crippen molar-refractivity contribution < 1.29 is 29.3 Å². The summed E-state index contributed by atoms with van der Waals surface area (Å²) in [6, 6.07) is 0. The fourth-order valence-electron chi connectivity index (χ4n) is 4.09. The molecule has 0 bridgehead atoms. The average Bonchev–Trinajstić information content (AvgIpc) is 2.90. The molecule has 1 heterocycles. The molecule has 0 aromatic carbocycles. The van der Waals surface area contributed by atoms with Crippen LogP contribution in [0.1, 0.15) is 13.3 Å². The number of aliphatic hydroxyl groups excluding tert-OH is 2. The van der Waals surface area contributed by atoms with Gasteiger partial charge < -0.3 is 19.7 Å². The summed E-state index contributed by atoms with van der Waals surface area (Å²) in [6.07, 6.45) is -3.23. The largest absolute Gasteiger partial charge is 0.458 e. The molecule has 23 heavy (non-hydrogen) atoms. The van der Waals surface area contributed by atoms with Crippen LogP contribution in [0.3, 0.4) is 0 Å². The summed E-state index contributed by atoms with van der Waals surface area (Å²) < 4.78 is 10.7. The zero-order chi connectivity index (χ0) is 17.0. The molecule has 0 radical (unpaired) electrons. The first-order chi connectivity index (χ1) is 10.7. The zero-order valence-corrected chi connectivity index (χ0v) is 12.9. The molecule has 2 aliphatic carbocycles. The molecular formula is C17H20O6. The quantitative estimate of drug-likeness (QED) is 0.415. The van der Waals surface area contributed by atoms with E-state index in [1.54, 1.807) is 0 Å². The number of rotatable bonds is 1. The molecule has 0 aromatic heterocycles. The number of carbonyl (C=O) groups excluding carboxylic acids is 2. The van der Waals surface area contributed by atoms with Crippen LogP contribution in [0.2, 0.25) is 0 Å². The number of aliphatic hydroxyl groups is 2. The molecule has 1 aliphatic heterocycles. The van der Waals surface area contributed by atoms with Crippen LogP contribution in [0.5, 0.6) is 0 Å². The van der Waals surface area contributed by atoms with Crippen LogP contribution in [0.15, 0.2) is 36.5 Å². The minimum atomic E-state index is -1.18. The Bertz CT molecular complexity index is 621. The van der Waals surface area contributed by atoms with E-state index in [0.29, 0.717) is 17.6 Å². The third-order valence-corrected chi connectivity index (χ3v) is 5.20. The van der Waals surface area contributed by atoms with Crippen LogP contribution in [0, 0.1) is 17.8 Å². The molecule has 6 nitrogen and oxygen atoms in total. The van der Waals surface area contributed by atoms with Crippen molar-refractivity contribution in [1.29, 1.82) is 0 Å². The van der Waals surface area contributed by atoms with E-state index in [0.717, 1.165) is 0 Å². The Morgan fingerprint density at radius 2 is 1.87 bits per heavy atom. The van der Waals surface area contributed by atoms with E-state index in [2.05, 4.69) is 19.7 Å². The van der Waals surface area contributed by atoms with Gasteiger partial charge in [0.2, 0.25) is 0 Å². The lowest BCUT2D eigenvalue weighted by Crippen LogP contribution is -2.40. The number of esters is 2. The molecule has 7 unspecified atom stereocenters. The standard InChI is InChI=1S/C17H20O6/c1-6-10-5-11(19)7(2)12(10)16-13(8(3)17(21)23-16)14(20)15(6)22-9(4)18/h10-16,19-20H,1-3,5H2,4H3. The summed E-state index contributed by atoms with van der Waals surface area (Å²) >= 11 is 0. The van der Waals surface area contributed by atoms with Gasteiger partial charge in [0.15, 0.2) is 0 Å². The molecule has 6 heteroatoms. The molecular weight excluding hydrogens is 300 g/mol. The lowest BCUT2D eigenvalue weighted by atomic mass is 9.81. The smallest absolute Gasteiger partial charge is 0.334 e. The first-order valence-corrected chi connectivity index (χ1v) is 7.54. The Kier molecular flexibility index (Phi) is 3.69. The Hall–Kier alpha value is -1.92. The molecule has 0 amide bonds. The average molecular weight is 320 g/mol. The highest BCUT2D eigenvalue weighted by atomic mass is 16.6. The van der Waals surface area contributed by atoms with Gasteiger partial charge in [-0.3, -0.25) is 4.79 Å². The van der Waals surface area contributed by atoms with E-state index >= 15 is 0 Å². The fraction of sp³-hybridized carbons (Fsp3) is 0.529. The predicted octanol–water partition coefficient (Wildman–Crippen LogP) is 0.500. The Morgan fingerprint density at radius 1 is 1.22 bits per heavy atom. The molecule has 1 saturated heterocycles. The van der Waals surface area contributed by atoms with E-state index in [-0.39, 0.29) is 17.4 Å². The van der Waals surface area contributed by atoms with Crippen molar-refractivity contribution in [3.63, 3.8) is 0 Å². The van der Waals surface area contributed by atoms with Gasteiger partial charge >= 0.3 is 11.9 Å². The first-order valence-electron chi connectivity index (χ1n) is 7.54. The van der Waals surface area contributed by atoms with Crippen molar-refractivity contribution in [2.45, 2.75) is 37.8 Å². The minimum Gasteiger partial charge on any atom is -0.458 e. The van der Waals surface area contributed by atoms with Crippen LogP contribution >= 0.6 is 0 Å². The van der Waals surface area contributed by atoms with Crippen molar-refractivity contribution in [3.8, 4) is 0 Å². The maximum atomic E-state index is 11.9. The van der Waals surface area contributed by atoms with Crippen LogP contribution < -0.4 is 0 Å². The van der Waals surface area contributed by atoms with Crippen molar-refractivity contribution in [1.82, 2.24) is 0 Å². The maximum absolute atomic E-state index is 11.9. The molecule has 0 aromatic rings. The second-order valence-electron chi connectivity index (χ2n) is 6.48. The van der Waals surface area contributed by atoms with Gasteiger partial charge in [-0.1, -0.05) is 19.7 Å². The molecule has 7 atom stereocenters. The summed E-state index contributed by atoms with van der Waals surface area (Å²) in [5, 5.41) is 20.9. The summed E-state index contributed by atoms with van der Waals surface area (Å²) in [5.74, 6) is -2.52. The van der Waals surface area contributed by atoms with Gasteiger partial charge in [-0.2, -0.15) is 0 Å². The van der Waals surface area contributed by atoms with Crippen molar-refractivity contribution >= 4 is 11.9 Å². The van der Waals surface area contributed by atoms with Crippen molar-refractivity contribution in [2.75, 3.05) is 0 Å². The van der Waals surface area contributed by atoms with Crippen LogP contribution in [-0.2, 0) is 19.1 Å². The molecule has 2 saturated carbocycles. The second kappa shape index (κ2) is 5.32. The Balaban J connectivity index is 2.08. The summed E-state index contributed by atoms with van der Waals surface area (Å²) in [5.41, 5.74) is 1.19. The van der Waals surface area contributed by atoms with Crippen LogP contribution in [-0.4, -0.2) is 46.6 Å². The lowest BCUT2D eigenvalue weighted by molar-refractivity contribution is -0.152. The van der Waals surface area contributed by atoms with Gasteiger partial charge in [0, 0.05) is 18.4 Å². The third-order valence-electron chi connectivity index (χ3n) is 5.20. The summed E-state index contributed by atoms with van der Waals surface area (Å²) in [7, 11) is 0. The van der Waals surface area contributed by atoms with Crippen LogP contribution in [0.4, 0.5) is 0 Å². The highest BCUT2D eigenvalue weighted by molar-refractivity contribution is 5.91. The number of hydrogen-bond acceptors (Lipinski definition) is 6. The highest BCUT2D eigenvalue weighted by Gasteiger charge is 2.58. The molecule has 3 fully saturated rings. The van der Waals surface area contributed by atoms with E-state index < -0.39 is 42.3 Å². The normalized spacial score (nSPS) is 42.8. The molecule has 124 valence electrons.